The Morgan fingerprint density at radius 3 is 1.15 bits per heavy atom. The van der Waals surface area contributed by atoms with Crippen molar-refractivity contribution in [3.8, 4) is 33.4 Å². The van der Waals surface area contributed by atoms with Crippen molar-refractivity contribution in [1.82, 2.24) is 0 Å². The molecule has 0 radical (unpaired) electrons. The second-order valence-corrected chi connectivity index (χ2v) is 18.1. The van der Waals surface area contributed by atoms with Crippen LogP contribution in [0.3, 0.4) is 0 Å². The average Bonchev–Trinajstić information content (AvgIpc) is 3.40. The van der Waals surface area contributed by atoms with Crippen molar-refractivity contribution in [3.05, 3.63) is 249 Å². The highest BCUT2D eigenvalue weighted by Crippen LogP contribution is 2.49. The molecule has 3 heteroatoms. The van der Waals surface area contributed by atoms with Gasteiger partial charge in [-0.25, -0.2) is 0 Å². The van der Waals surface area contributed by atoms with Crippen LogP contribution < -0.4 is 26.2 Å². The summed E-state index contributed by atoms with van der Waals surface area (Å²) in [5.74, 6) is 0. The van der Waals surface area contributed by atoms with E-state index in [1.807, 2.05) is 0 Å². The number of hydrogen-bond donors (Lipinski definition) is 0. The number of hydrogen-bond acceptors (Lipinski definition) is 2. The van der Waals surface area contributed by atoms with Crippen molar-refractivity contribution < 1.29 is 0 Å². The van der Waals surface area contributed by atoms with Crippen LogP contribution in [0.15, 0.2) is 249 Å². The van der Waals surface area contributed by atoms with Crippen molar-refractivity contribution in [3.63, 3.8) is 0 Å². The van der Waals surface area contributed by atoms with E-state index in [1.54, 1.807) is 0 Å². The largest absolute Gasteiger partial charge is 0.311 e. The number of fused-ring (bicyclic) bond motifs is 10. The highest BCUT2D eigenvalue weighted by atomic mass is 15.2. The standard InChI is InChI=1S/C64H41BN2/c1-3-13-42(14-4-1)44-25-31-54(32-26-44)66-60-40-53(51-24-23-50-37-48-19-7-8-20-49(48)38-52(50)39-51)41-61-62(60)65(58-35-29-46-17-9-11-21-56(46)63(58)66)59-36-30-47-18-10-12-22-57(47)64(59)67(61)55-33-27-45(28-34-55)43-15-5-2-6-16-43/h1-41H. The molecule has 12 aromatic carbocycles. The molecule has 0 saturated heterocycles. The molecule has 0 bridgehead atoms. The SMILES string of the molecule is c1ccc(-c2ccc(N3c4cc(-c5ccc6cc7ccccc7cc6c5)cc5c4B(c4ccc6ccccc6c43)c3ccc4ccccc4c3N5c3ccc(-c4ccccc4)cc3)cc2)cc1. The molecule has 310 valence electrons. The third-order valence-corrected chi connectivity index (χ3v) is 14.3. The van der Waals surface area contributed by atoms with Gasteiger partial charge >= 0.3 is 0 Å². The Bertz CT molecular complexity index is 3720. The van der Waals surface area contributed by atoms with Crippen LogP contribution in [0.25, 0.3) is 76.5 Å². The van der Waals surface area contributed by atoms with Crippen LogP contribution in [-0.2, 0) is 0 Å². The fourth-order valence-electron chi connectivity index (χ4n) is 11.2. The first-order chi connectivity index (χ1) is 33.2. The van der Waals surface area contributed by atoms with E-state index in [4.69, 9.17) is 0 Å². The lowest BCUT2D eigenvalue weighted by atomic mass is 9.33. The third kappa shape index (κ3) is 5.98. The van der Waals surface area contributed by atoms with Crippen LogP contribution in [-0.4, -0.2) is 6.71 Å². The summed E-state index contributed by atoms with van der Waals surface area (Å²) in [6.45, 7) is -0.0269. The van der Waals surface area contributed by atoms with Gasteiger partial charge in [-0.05, 0) is 137 Å². The van der Waals surface area contributed by atoms with Gasteiger partial charge in [-0.3, -0.25) is 0 Å². The lowest BCUT2D eigenvalue weighted by Crippen LogP contribution is -2.61. The summed E-state index contributed by atoms with van der Waals surface area (Å²) in [4.78, 5) is 5.14. The highest BCUT2D eigenvalue weighted by Gasteiger charge is 2.44. The molecule has 2 heterocycles. The van der Waals surface area contributed by atoms with Crippen LogP contribution in [0.1, 0.15) is 0 Å². The molecular weight excluding hydrogens is 808 g/mol. The summed E-state index contributed by atoms with van der Waals surface area (Å²) in [7, 11) is 0. The summed E-state index contributed by atoms with van der Waals surface area (Å²) in [6.07, 6.45) is 0. The van der Waals surface area contributed by atoms with E-state index in [0.717, 1.165) is 11.4 Å². The molecule has 0 saturated carbocycles. The molecule has 2 nitrogen and oxygen atoms in total. The van der Waals surface area contributed by atoms with E-state index >= 15 is 0 Å². The van der Waals surface area contributed by atoms with Crippen LogP contribution in [0, 0.1) is 0 Å². The predicted molar refractivity (Wildman–Crippen MR) is 287 cm³/mol. The normalized spacial score (nSPS) is 12.7. The van der Waals surface area contributed by atoms with Gasteiger partial charge < -0.3 is 9.80 Å². The Labute approximate surface area is 390 Å². The Hall–Kier alpha value is -8.66. The summed E-state index contributed by atoms with van der Waals surface area (Å²) < 4.78 is 0. The molecule has 0 N–H and O–H groups in total. The van der Waals surface area contributed by atoms with Gasteiger partial charge in [-0.1, -0.05) is 194 Å². The lowest BCUT2D eigenvalue weighted by molar-refractivity contribution is 1.27. The van der Waals surface area contributed by atoms with Crippen molar-refractivity contribution in [2.45, 2.75) is 0 Å². The molecule has 14 rings (SSSR count). The maximum absolute atomic E-state index is 2.57. The minimum Gasteiger partial charge on any atom is -0.311 e. The Balaban J connectivity index is 1.08. The van der Waals surface area contributed by atoms with E-state index in [0.29, 0.717) is 0 Å². The average molecular weight is 849 g/mol. The monoisotopic (exact) mass is 848 g/mol. The first-order valence-corrected chi connectivity index (χ1v) is 23.3. The van der Waals surface area contributed by atoms with E-state index in [2.05, 4.69) is 259 Å². The zero-order valence-corrected chi connectivity index (χ0v) is 36.6. The summed E-state index contributed by atoms with van der Waals surface area (Å²) >= 11 is 0. The number of benzene rings is 12. The minimum atomic E-state index is -0.0269. The molecule has 0 spiro atoms. The zero-order valence-electron chi connectivity index (χ0n) is 36.6. The molecule has 12 aromatic rings. The van der Waals surface area contributed by atoms with Gasteiger partial charge in [0.15, 0.2) is 0 Å². The fourth-order valence-corrected chi connectivity index (χ4v) is 11.2. The highest BCUT2D eigenvalue weighted by molar-refractivity contribution is 7.00. The summed E-state index contributed by atoms with van der Waals surface area (Å²) in [5, 5.41) is 9.90. The Kier molecular flexibility index (Phi) is 8.41. The quantitative estimate of drug-likeness (QED) is 0.126. The van der Waals surface area contributed by atoms with Crippen LogP contribution in [0.2, 0.25) is 0 Å². The first-order valence-electron chi connectivity index (χ1n) is 23.3. The van der Waals surface area contributed by atoms with Gasteiger partial charge in [0, 0.05) is 44.9 Å². The fraction of sp³-hybridized carbons (Fsp3) is 0. The van der Waals surface area contributed by atoms with Crippen LogP contribution >= 0.6 is 0 Å². The smallest absolute Gasteiger partial charge is 0.252 e. The van der Waals surface area contributed by atoms with Crippen molar-refractivity contribution >= 4 is 100 Å². The molecule has 0 amide bonds. The maximum atomic E-state index is 2.57. The van der Waals surface area contributed by atoms with Crippen LogP contribution in [0.4, 0.5) is 34.1 Å². The van der Waals surface area contributed by atoms with Gasteiger partial charge in [0.1, 0.15) is 0 Å². The predicted octanol–water partition coefficient (Wildman–Crippen LogP) is 15.4. The molecule has 0 unspecified atom stereocenters. The maximum Gasteiger partial charge on any atom is 0.252 e. The van der Waals surface area contributed by atoms with Gasteiger partial charge in [0.2, 0.25) is 0 Å². The lowest BCUT2D eigenvalue weighted by Gasteiger charge is -2.45. The number of rotatable bonds is 5. The molecule has 2 aliphatic heterocycles. The molecule has 0 aromatic heterocycles. The second-order valence-electron chi connectivity index (χ2n) is 18.1. The Morgan fingerprint density at radius 2 is 0.642 bits per heavy atom. The number of anilines is 6. The van der Waals surface area contributed by atoms with Gasteiger partial charge in [-0.2, -0.15) is 0 Å². The van der Waals surface area contributed by atoms with Crippen molar-refractivity contribution in [2.75, 3.05) is 9.80 Å². The molecule has 0 aliphatic carbocycles. The van der Waals surface area contributed by atoms with Crippen molar-refractivity contribution in [1.29, 1.82) is 0 Å². The van der Waals surface area contributed by atoms with E-state index in [-0.39, 0.29) is 6.71 Å². The van der Waals surface area contributed by atoms with E-state index < -0.39 is 0 Å². The minimum absolute atomic E-state index is 0.0269. The second kappa shape index (κ2) is 15.0. The number of nitrogens with zero attached hydrogens (tertiary/aromatic N) is 2. The Morgan fingerprint density at radius 1 is 0.254 bits per heavy atom. The third-order valence-electron chi connectivity index (χ3n) is 14.3. The van der Waals surface area contributed by atoms with E-state index in [9.17, 15) is 0 Å². The van der Waals surface area contributed by atoms with Gasteiger partial charge in [0.05, 0.1) is 0 Å². The van der Waals surface area contributed by atoms with Gasteiger partial charge in [-0.15, -0.1) is 0 Å². The summed E-state index contributed by atoms with van der Waals surface area (Å²) in [5.41, 5.74) is 18.2. The van der Waals surface area contributed by atoms with Crippen LogP contribution in [0.5, 0.6) is 0 Å². The van der Waals surface area contributed by atoms with Crippen molar-refractivity contribution in [2.24, 2.45) is 0 Å². The molecule has 0 atom stereocenters. The van der Waals surface area contributed by atoms with E-state index in [1.165, 1.54) is 116 Å². The molecular formula is C64H41BN2. The first kappa shape index (κ1) is 37.7. The zero-order chi connectivity index (χ0) is 44.0. The molecule has 67 heavy (non-hydrogen) atoms. The summed E-state index contributed by atoms with van der Waals surface area (Å²) in [6, 6.07) is 92.5. The van der Waals surface area contributed by atoms with Gasteiger partial charge in [0.25, 0.3) is 6.71 Å². The molecule has 2 aliphatic rings. The topological polar surface area (TPSA) is 6.48 Å². The molecule has 0 fully saturated rings.